The molecule has 4 aliphatic rings. The van der Waals surface area contributed by atoms with Crippen molar-refractivity contribution in [2.24, 2.45) is 40.4 Å². The maximum Gasteiger partial charge on any atom is 0.312 e. The molecule has 0 N–H and O–H groups in total. The lowest BCUT2D eigenvalue weighted by Crippen LogP contribution is -2.95. The van der Waals surface area contributed by atoms with Crippen molar-refractivity contribution in [1.29, 1.82) is 0 Å². The van der Waals surface area contributed by atoms with Crippen molar-refractivity contribution in [3.63, 3.8) is 0 Å². The first-order chi connectivity index (χ1) is 8.16. The van der Waals surface area contributed by atoms with Crippen LogP contribution in [-0.2, 0) is 14.3 Å². The summed E-state index contributed by atoms with van der Waals surface area (Å²) >= 11 is 0. The Bertz CT molecular complexity index is 414. The largest absolute Gasteiger partial charge is 0.469 e. The SMILES string of the molecule is COC(=O)C12C(C)C3C1C1C2CC31CCC=O. The molecule has 0 spiro atoms. The Balaban J connectivity index is 1.61. The molecule has 0 aromatic heterocycles. The average molecular weight is 234 g/mol. The number of hydrogen-bond donors (Lipinski definition) is 0. The summed E-state index contributed by atoms with van der Waals surface area (Å²) in [4.78, 5) is 22.6. The highest BCUT2D eigenvalue weighted by Gasteiger charge is 2.96. The summed E-state index contributed by atoms with van der Waals surface area (Å²) in [6, 6.07) is 0. The van der Waals surface area contributed by atoms with E-state index in [9.17, 15) is 9.59 Å². The van der Waals surface area contributed by atoms with Crippen LogP contribution >= 0.6 is 0 Å². The van der Waals surface area contributed by atoms with Crippen molar-refractivity contribution < 1.29 is 14.3 Å². The molecule has 0 bridgehead atoms. The quantitative estimate of drug-likeness (QED) is 0.549. The van der Waals surface area contributed by atoms with Gasteiger partial charge < -0.3 is 9.53 Å². The van der Waals surface area contributed by atoms with Gasteiger partial charge >= 0.3 is 5.97 Å². The second-order valence-corrected chi connectivity index (χ2v) is 6.54. The average Bonchev–Trinajstić information content (AvgIpc) is 2.33. The van der Waals surface area contributed by atoms with Gasteiger partial charge in [0.05, 0.1) is 12.5 Å². The Kier molecular flexibility index (Phi) is 1.54. The lowest BCUT2D eigenvalue weighted by atomic mass is 9.06. The van der Waals surface area contributed by atoms with E-state index in [1.807, 2.05) is 0 Å². The van der Waals surface area contributed by atoms with Crippen LogP contribution in [0.2, 0.25) is 0 Å². The highest BCUT2D eigenvalue weighted by atomic mass is 16.5. The molecule has 4 fully saturated rings. The van der Waals surface area contributed by atoms with Gasteiger partial charge in [0, 0.05) is 6.42 Å². The van der Waals surface area contributed by atoms with Crippen LogP contribution in [0.1, 0.15) is 26.2 Å². The number of ether oxygens (including phenoxy) is 1. The smallest absolute Gasteiger partial charge is 0.312 e. The van der Waals surface area contributed by atoms with Gasteiger partial charge in [0.1, 0.15) is 6.29 Å². The molecule has 92 valence electrons. The Hall–Kier alpha value is -0.860. The molecule has 4 saturated carbocycles. The highest BCUT2D eigenvalue weighted by Crippen LogP contribution is 2.97. The number of carbonyl (C=O) groups is 2. The van der Waals surface area contributed by atoms with Crippen LogP contribution in [0.4, 0.5) is 0 Å². The Morgan fingerprint density at radius 3 is 2.65 bits per heavy atom. The Labute approximate surface area is 101 Å². The van der Waals surface area contributed by atoms with Gasteiger partial charge in [-0.15, -0.1) is 0 Å². The van der Waals surface area contributed by atoms with Crippen molar-refractivity contribution in [3.05, 3.63) is 0 Å². The Morgan fingerprint density at radius 2 is 2.18 bits per heavy atom. The molecule has 0 radical (unpaired) electrons. The van der Waals surface area contributed by atoms with E-state index in [-0.39, 0.29) is 11.4 Å². The first kappa shape index (κ1) is 10.1. The van der Waals surface area contributed by atoms with Crippen LogP contribution in [-0.4, -0.2) is 19.4 Å². The summed E-state index contributed by atoms with van der Waals surface area (Å²) in [6.07, 6.45) is 3.97. The summed E-state index contributed by atoms with van der Waals surface area (Å²) in [5.74, 6) is 3.16. The minimum atomic E-state index is -0.104. The molecule has 3 heteroatoms. The normalized spacial score (nSPS) is 59.8. The zero-order valence-corrected chi connectivity index (χ0v) is 10.3. The molecule has 0 saturated heterocycles. The number of methoxy groups -OCH3 is 1. The number of rotatable bonds is 4. The van der Waals surface area contributed by atoms with E-state index in [1.54, 1.807) is 0 Å². The van der Waals surface area contributed by atoms with E-state index >= 15 is 0 Å². The monoisotopic (exact) mass is 234 g/mol. The summed E-state index contributed by atoms with van der Waals surface area (Å²) in [5.41, 5.74) is 0.346. The molecule has 0 heterocycles. The number of fused-ring (bicyclic) bond motifs is 2. The first-order valence-electron chi connectivity index (χ1n) is 6.68. The second kappa shape index (κ2) is 2.60. The minimum absolute atomic E-state index is 0.0381. The number of aldehydes is 1. The van der Waals surface area contributed by atoms with Crippen LogP contribution in [0.3, 0.4) is 0 Å². The maximum absolute atomic E-state index is 12.0. The molecule has 7 unspecified atom stereocenters. The van der Waals surface area contributed by atoms with Crippen LogP contribution in [0.5, 0.6) is 0 Å². The minimum Gasteiger partial charge on any atom is -0.469 e. The number of carbonyl (C=O) groups excluding carboxylic acids is 2. The van der Waals surface area contributed by atoms with Crippen molar-refractivity contribution in [2.45, 2.75) is 26.2 Å². The molecule has 17 heavy (non-hydrogen) atoms. The predicted octanol–water partition coefficient (Wildman–Crippen LogP) is 1.66. The van der Waals surface area contributed by atoms with Gasteiger partial charge in [-0.1, -0.05) is 6.92 Å². The van der Waals surface area contributed by atoms with E-state index in [0.717, 1.165) is 18.6 Å². The fourth-order valence-electron chi connectivity index (χ4n) is 6.57. The standard InChI is InChI=1S/C14H18O3/c1-7-9-11-10-8(14(7,11)12(16)17-2)6-13(9,10)4-3-5-15/h5,7-11H,3-4,6H2,1-2H3. The van der Waals surface area contributed by atoms with E-state index in [4.69, 9.17) is 4.74 Å². The molecule has 0 aliphatic heterocycles. The highest BCUT2D eigenvalue weighted by molar-refractivity contribution is 5.84. The van der Waals surface area contributed by atoms with Crippen LogP contribution in [0.25, 0.3) is 0 Å². The number of hydrogen-bond acceptors (Lipinski definition) is 3. The molecule has 0 amide bonds. The van der Waals surface area contributed by atoms with Gasteiger partial charge in [-0.05, 0) is 47.8 Å². The van der Waals surface area contributed by atoms with Gasteiger partial charge in [0.15, 0.2) is 0 Å². The van der Waals surface area contributed by atoms with Gasteiger partial charge in [0.25, 0.3) is 0 Å². The first-order valence-corrected chi connectivity index (χ1v) is 6.68. The number of esters is 1. The van der Waals surface area contributed by atoms with E-state index < -0.39 is 0 Å². The van der Waals surface area contributed by atoms with Crippen LogP contribution in [0.15, 0.2) is 0 Å². The fraction of sp³-hybridized carbons (Fsp3) is 0.857. The van der Waals surface area contributed by atoms with Gasteiger partial charge in [-0.2, -0.15) is 0 Å². The van der Waals surface area contributed by atoms with E-state index in [1.165, 1.54) is 13.5 Å². The molecule has 3 nitrogen and oxygen atoms in total. The third kappa shape index (κ3) is 0.656. The molecular formula is C14H18O3. The lowest BCUT2D eigenvalue weighted by molar-refractivity contribution is -0.492. The third-order valence-corrected chi connectivity index (χ3v) is 6.86. The zero-order valence-electron chi connectivity index (χ0n) is 10.3. The van der Waals surface area contributed by atoms with Gasteiger partial charge in [-0.25, -0.2) is 0 Å². The van der Waals surface area contributed by atoms with E-state index in [0.29, 0.717) is 35.5 Å². The summed E-state index contributed by atoms with van der Waals surface area (Å²) < 4.78 is 5.03. The summed E-state index contributed by atoms with van der Waals surface area (Å²) in [5, 5.41) is 0. The van der Waals surface area contributed by atoms with E-state index in [2.05, 4.69) is 6.92 Å². The molecular weight excluding hydrogens is 216 g/mol. The Morgan fingerprint density at radius 1 is 1.41 bits per heavy atom. The summed E-state index contributed by atoms with van der Waals surface area (Å²) in [7, 11) is 1.52. The van der Waals surface area contributed by atoms with Gasteiger partial charge in [-0.3, -0.25) is 4.79 Å². The molecule has 4 aliphatic carbocycles. The van der Waals surface area contributed by atoms with Crippen LogP contribution in [0, 0.1) is 40.4 Å². The van der Waals surface area contributed by atoms with Gasteiger partial charge in [0.2, 0.25) is 0 Å². The molecule has 0 aromatic rings. The predicted molar refractivity (Wildman–Crippen MR) is 59.9 cm³/mol. The van der Waals surface area contributed by atoms with Crippen molar-refractivity contribution in [1.82, 2.24) is 0 Å². The lowest BCUT2D eigenvalue weighted by Gasteiger charge is -2.96. The molecule has 0 aromatic carbocycles. The zero-order chi connectivity index (χ0) is 12.0. The summed E-state index contributed by atoms with van der Waals surface area (Å²) in [6.45, 7) is 2.22. The maximum atomic E-state index is 12.0. The topological polar surface area (TPSA) is 43.4 Å². The molecule has 4 rings (SSSR count). The fourth-order valence-corrected chi connectivity index (χ4v) is 6.57. The van der Waals surface area contributed by atoms with Crippen molar-refractivity contribution >= 4 is 12.3 Å². The third-order valence-electron chi connectivity index (χ3n) is 6.86. The van der Waals surface area contributed by atoms with Crippen molar-refractivity contribution in [2.75, 3.05) is 7.11 Å². The van der Waals surface area contributed by atoms with Crippen LogP contribution < -0.4 is 0 Å². The second-order valence-electron chi connectivity index (χ2n) is 6.54. The molecule has 7 atom stereocenters. The van der Waals surface area contributed by atoms with Crippen molar-refractivity contribution in [3.8, 4) is 0 Å².